The summed E-state index contributed by atoms with van der Waals surface area (Å²) >= 11 is 0. The van der Waals surface area contributed by atoms with Gasteiger partial charge in [-0.3, -0.25) is 24.8 Å². The number of carbonyl (C=O) groups is 1. The van der Waals surface area contributed by atoms with Gasteiger partial charge in [-0.2, -0.15) is 0 Å². The average Bonchev–Trinajstić information content (AvgIpc) is 2.39. The molecule has 0 saturated carbocycles. The quantitative estimate of drug-likeness (QED) is 0.632. The Balaban J connectivity index is 2.52. The molecule has 102 valence electrons. The summed E-state index contributed by atoms with van der Waals surface area (Å²) < 4.78 is 0. The van der Waals surface area contributed by atoms with Crippen LogP contribution in [0.5, 0.6) is 0 Å². The molecule has 0 unspecified atom stereocenters. The number of aryl methyl sites for hydroxylation is 1. The number of aromatic nitrogens is 2. The summed E-state index contributed by atoms with van der Waals surface area (Å²) in [6.45, 7) is 3.17. The summed E-state index contributed by atoms with van der Waals surface area (Å²) in [5.74, 6) is -0.0825. The standard InChI is InChI=1S/C13H12N4O3/c1-9-7-11(3-5-14-9)16(10(2)18)13-8-12(17(19)20)4-6-15-13/h3-8H,1-2H3. The van der Waals surface area contributed by atoms with Gasteiger partial charge in [0.25, 0.3) is 5.69 Å². The summed E-state index contributed by atoms with van der Waals surface area (Å²) in [5, 5.41) is 10.8. The summed E-state index contributed by atoms with van der Waals surface area (Å²) in [6, 6.07) is 5.90. The first-order valence-electron chi connectivity index (χ1n) is 5.83. The van der Waals surface area contributed by atoms with Crippen molar-refractivity contribution in [3.8, 4) is 0 Å². The van der Waals surface area contributed by atoms with Gasteiger partial charge in [-0.05, 0) is 19.1 Å². The van der Waals surface area contributed by atoms with Crippen LogP contribution in [-0.4, -0.2) is 20.8 Å². The van der Waals surface area contributed by atoms with E-state index in [1.807, 2.05) is 0 Å². The van der Waals surface area contributed by atoms with Crippen LogP contribution in [0, 0.1) is 17.0 Å². The minimum atomic E-state index is -0.526. The summed E-state index contributed by atoms with van der Waals surface area (Å²) in [5.41, 5.74) is 1.18. The van der Waals surface area contributed by atoms with Gasteiger partial charge in [0.15, 0.2) is 0 Å². The van der Waals surface area contributed by atoms with E-state index in [0.29, 0.717) is 5.69 Å². The fourth-order valence-electron chi connectivity index (χ4n) is 1.79. The smallest absolute Gasteiger partial charge is 0.274 e. The third kappa shape index (κ3) is 2.77. The predicted octanol–water partition coefficient (Wildman–Crippen LogP) is 2.38. The van der Waals surface area contributed by atoms with E-state index < -0.39 is 4.92 Å². The highest BCUT2D eigenvalue weighted by Gasteiger charge is 2.18. The lowest BCUT2D eigenvalue weighted by Gasteiger charge is -2.20. The van der Waals surface area contributed by atoms with Crippen LogP contribution < -0.4 is 4.90 Å². The molecule has 2 rings (SSSR count). The molecule has 2 heterocycles. The molecule has 0 aromatic carbocycles. The van der Waals surface area contributed by atoms with Crippen LogP contribution >= 0.6 is 0 Å². The van der Waals surface area contributed by atoms with E-state index in [1.54, 1.807) is 25.3 Å². The second-order valence-corrected chi connectivity index (χ2v) is 4.14. The fourth-order valence-corrected chi connectivity index (χ4v) is 1.79. The highest BCUT2D eigenvalue weighted by molar-refractivity contribution is 5.98. The van der Waals surface area contributed by atoms with E-state index in [0.717, 1.165) is 5.69 Å². The van der Waals surface area contributed by atoms with Gasteiger partial charge in [0.2, 0.25) is 5.91 Å². The van der Waals surface area contributed by atoms with Gasteiger partial charge < -0.3 is 0 Å². The van der Waals surface area contributed by atoms with Crippen molar-refractivity contribution in [3.63, 3.8) is 0 Å². The van der Waals surface area contributed by atoms with Crippen molar-refractivity contribution >= 4 is 23.1 Å². The zero-order valence-corrected chi connectivity index (χ0v) is 11.0. The summed E-state index contributed by atoms with van der Waals surface area (Å²) in [6.07, 6.45) is 2.87. The Labute approximate surface area is 115 Å². The highest BCUT2D eigenvalue weighted by atomic mass is 16.6. The molecule has 0 atom stereocenters. The second kappa shape index (κ2) is 5.43. The SMILES string of the molecule is CC(=O)N(c1ccnc(C)c1)c1cc([N+](=O)[O-])ccn1. The number of carbonyl (C=O) groups excluding carboxylic acids is 1. The lowest BCUT2D eigenvalue weighted by Crippen LogP contribution is -2.23. The number of rotatable bonds is 3. The fraction of sp³-hybridized carbons (Fsp3) is 0.154. The van der Waals surface area contributed by atoms with Gasteiger partial charge in [0.05, 0.1) is 16.7 Å². The lowest BCUT2D eigenvalue weighted by molar-refractivity contribution is -0.384. The Hall–Kier alpha value is -2.83. The Morgan fingerprint density at radius 3 is 2.55 bits per heavy atom. The molecule has 0 bridgehead atoms. The van der Waals surface area contributed by atoms with Gasteiger partial charge in [-0.1, -0.05) is 0 Å². The Morgan fingerprint density at radius 1 is 1.25 bits per heavy atom. The second-order valence-electron chi connectivity index (χ2n) is 4.14. The van der Waals surface area contributed by atoms with E-state index in [1.165, 1.54) is 30.2 Å². The molecule has 2 aromatic rings. The van der Waals surface area contributed by atoms with Crippen molar-refractivity contribution in [2.75, 3.05) is 4.90 Å². The van der Waals surface area contributed by atoms with Crippen molar-refractivity contribution in [1.82, 2.24) is 9.97 Å². The number of amides is 1. The van der Waals surface area contributed by atoms with Gasteiger partial charge in [0.1, 0.15) is 5.82 Å². The van der Waals surface area contributed by atoms with E-state index >= 15 is 0 Å². The van der Waals surface area contributed by atoms with Gasteiger partial charge in [-0.25, -0.2) is 4.98 Å². The first-order valence-corrected chi connectivity index (χ1v) is 5.83. The van der Waals surface area contributed by atoms with Crippen molar-refractivity contribution < 1.29 is 9.72 Å². The van der Waals surface area contributed by atoms with Crippen LogP contribution in [0.25, 0.3) is 0 Å². The number of nitro groups is 1. The third-order valence-corrected chi connectivity index (χ3v) is 2.62. The monoisotopic (exact) mass is 272 g/mol. The number of hydrogen-bond acceptors (Lipinski definition) is 5. The molecule has 0 aliphatic heterocycles. The molecular formula is C13H12N4O3. The van der Waals surface area contributed by atoms with Crippen LogP contribution in [0.2, 0.25) is 0 Å². The lowest BCUT2D eigenvalue weighted by atomic mass is 10.2. The van der Waals surface area contributed by atoms with Crippen LogP contribution in [0.4, 0.5) is 17.2 Å². The highest BCUT2D eigenvalue weighted by Crippen LogP contribution is 2.26. The first-order chi connectivity index (χ1) is 9.49. The Kier molecular flexibility index (Phi) is 3.69. The number of pyridine rings is 2. The van der Waals surface area contributed by atoms with Gasteiger partial charge in [0, 0.05) is 31.1 Å². The molecule has 1 amide bonds. The average molecular weight is 272 g/mol. The van der Waals surface area contributed by atoms with Crippen LogP contribution in [0.3, 0.4) is 0 Å². The minimum absolute atomic E-state index is 0.118. The number of nitrogens with zero attached hydrogens (tertiary/aromatic N) is 4. The summed E-state index contributed by atoms with van der Waals surface area (Å²) in [4.78, 5) is 31.5. The largest absolute Gasteiger partial charge is 0.274 e. The summed E-state index contributed by atoms with van der Waals surface area (Å²) in [7, 11) is 0. The molecule has 0 saturated heterocycles. The van der Waals surface area contributed by atoms with Crippen molar-refractivity contribution in [2.45, 2.75) is 13.8 Å². The Bertz CT molecular complexity index is 672. The van der Waals surface area contributed by atoms with E-state index in [2.05, 4.69) is 9.97 Å². The molecule has 0 fully saturated rings. The third-order valence-electron chi connectivity index (χ3n) is 2.62. The Morgan fingerprint density at radius 2 is 1.95 bits per heavy atom. The molecular weight excluding hydrogens is 260 g/mol. The first kappa shape index (κ1) is 13.6. The number of anilines is 2. The topological polar surface area (TPSA) is 89.2 Å². The molecule has 0 radical (unpaired) electrons. The van der Waals surface area contributed by atoms with Crippen molar-refractivity contribution in [1.29, 1.82) is 0 Å². The maximum absolute atomic E-state index is 11.8. The molecule has 7 nitrogen and oxygen atoms in total. The van der Waals surface area contributed by atoms with Crippen molar-refractivity contribution in [3.05, 3.63) is 52.5 Å². The molecule has 0 aliphatic carbocycles. The zero-order valence-electron chi connectivity index (χ0n) is 11.0. The van der Waals surface area contributed by atoms with Crippen LogP contribution in [0.1, 0.15) is 12.6 Å². The molecule has 0 aliphatic rings. The van der Waals surface area contributed by atoms with Gasteiger partial charge >= 0.3 is 0 Å². The zero-order chi connectivity index (χ0) is 14.7. The maximum Gasteiger partial charge on any atom is 0.274 e. The molecule has 2 aromatic heterocycles. The van der Waals surface area contributed by atoms with Crippen LogP contribution in [0.15, 0.2) is 36.7 Å². The maximum atomic E-state index is 11.8. The minimum Gasteiger partial charge on any atom is -0.274 e. The molecule has 7 heteroatoms. The van der Waals surface area contributed by atoms with Crippen LogP contribution in [-0.2, 0) is 4.79 Å². The normalized spacial score (nSPS) is 10.1. The predicted molar refractivity (Wildman–Crippen MR) is 72.7 cm³/mol. The molecule has 0 N–H and O–H groups in total. The van der Waals surface area contributed by atoms with E-state index in [9.17, 15) is 14.9 Å². The van der Waals surface area contributed by atoms with Crippen molar-refractivity contribution in [2.24, 2.45) is 0 Å². The van der Waals surface area contributed by atoms with Gasteiger partial charge in [-0.15, -0.1) is 0 Å². The van der Waals surface area contributed by atoms with E-state index in [-0.39, 0.29) is 17.4 Å². The number of hydrogen-bond donors (Lipinski definition) is 0. The molecule has 0 spiro atoms. The molecule has 20 heavy (non-hydrogen) atoms. The van der Waals surface area contributed by atoms with E-state index in [4.69, 9.17) is 0 Å².